The lowest BCUT2D eigenvalue weighted by Crippen LogP contribution is -2.14. The monoisotopic (exact) mass is 492 g/mol. The Hall–Kier alpha value is -1.64. The summed E-state index contributed by atoms with van der Waals surface area (Å²) in [4.78, 5) is 0. The third kappa shape index (κ3) is 14.8. The first kappa shape index (κ1) is 30.6. The van der Waals surface area contributed by atoms with E-state index < -0.39 is 0 Å². The molecule has 0 amide bonds. The average Bonchev–Trinajstić information content (AvgIpc) is 2.91. The zero-order chi connectivity index (χ0) is 25.5. The van der Waals surface area contributed by atoms with Gasteiger partial charge in [0.05, 0.1) is 0 Å². The van der Waals surface area contributed by atoms with E-state index in [0.717, 1.165) is 26.2 Å². The van der Waals surface area contributed by atoms with Gasteiger partial charge in [-0.25, -0.2) is 0 Å². The predicted molar refractivity (Wildman–Crippen MR) is 161 cm³/mol. The lowest BCUT2D eigenvalue weighted by molar-refractivity contribution is 0.555. The molecule has 202 valence electrons. The van der Waals surface area contributed by atoms with E-state index in [2.05, 4.69) is 73.0 Å². The molecule has 0 spiro atoms. The number of hydrogen-bond acceptors (Lipinski definition) is 2. The molecule has 0 heterocycles. The van der Waals surface area contributed by atoms with Crippen LogP contribution in [-0.4, -0.2) is 13.1 Å². The molecule has 2 heteroatoms. The maximum absolute atomic E-state index is 3.62. The van der Waals surface area contributed by atoms with Crippen LogP contribution in [0.25, 0.3) is 11.1 Å². The first-order valence-corrected chi connectivity index (χ1v) is 15.4. The van der Waals surface area contributed by atoms with Gasteiger partial charge in [0, 0.05) is 13.1 Å². The zero-order valence-corrected chi connectivity index (χ0v) is 23.8. The van der Waals surface area contributed by atoms with E-state index in [4.69, 9.17) is 0 Å². The van der Waals surface area contributed by atoms with Crippen molar-refractivity contribution in [3.8, 4) is 11.1 Å². The molecular weight excluding hydrogens is 436 g/mol. The number of hydrogen-bond donors (Lipinski definition) is 2. The highest BCUT2D eigenvalue weighted by Gasteiger charge is 2.00. The van der Waals surface area contributed by atoms with Crippen LogP contribution >= 0.6 is 0 Å². The Kier molecular flexibility index (Phi) is 18.2. The Morgan fingerprint density at radius 2 is 0.694 bits per heavy atom. The second-order valence-corrected chi connectivity index (χ2v) is 10.7. The lowest BCUT2D eigenvalue weighted by Gasteiger charge is -2.08. The van der Waals surface area contributed by atoms with Crippen LogP contribution in [0, 0.1) is 0 Å². The number of unbranched alkanes of at least 4 members (excludes halogenated alkanes) is 14. The summed E-state index contributed by atoms with van der Waals surface area (Å²) in [5.74, 6) is 0. The highest BCUT2D eigenvalue weighted by atomic mass is 14.8. The van der Waals surface area contributed by atoms with Gasteiger partial charge in [0.1, 0.15) is 0 Å². The van der Waals surface area contributed by atoms with Crippen LogP contribution in [0.1, 0.15) is 128 Å². The van der Waals surface area contributed by atoms with Crippen LogP contribution in [0.5, 0.6) is 0 Å². The molecule has 0 bridgehead atoms. The molecule has 0 fully saturated rings. The van der Waals surface area contributed by atoms with Gasteiger partial charge >= 0.3 is 0 Å². The van der Waals surface area contributed by atoms with Crippen molar-refractivity contribution in [2.45, 2.75) is 130 Å². The van der Waals surface area contributed by atoms with Crippen molar-refractivity contribution < 1.29 is 0 Å². The van der Waals surface area contributed by atoms with Crippen molar-refractivity contribution in [2.24, 2.45) is 0 Å². The van der Waals surface area contributed by atoms with Crippen molar-refractivity contribution in [1.82, 2.24) is 10.6 Å². The maximum atomic E-state index is 3.62. The van der Waals surface area contributed by atoms with Crippen molar-refractivity contribution in [1.29, 1.82) is 0 Å². The molecule has 36 heavy (non-hydrogen) atoms. The minimum absolute atomic E-state index is 0.972. The smallest absolute Gasteiger partial charge is 0.0205 e. The largest absolute Gasteiger partial charge is 0.313 e. The second-order valence-electron chi connectivity index (χ2n) is 10.7. The standard InChI is InChI=1S/C34H56N2/c1-3-5-7-9-11-13-15-17-27-35-29-31-19-23-33(24-20-31)34-25-21-32(22-26-34)30-36-28-18-16-14-12-10-8-6-4-2/h19-26,35-36H,3-18,27-30H2,1-2H3. The first-order valence-electron chi connectivity index (χ1n) is 15.4. The molecule has 0 unspecified atom stereocenters. The minimum atomic E-state index is 0.972. The third-order valence-electron chi connectivity index (χ3n) is 7.31. The van der Waals surface area contributed by atoms with Crippen LogP contribution in [-0.2, 0) is 13.1 Å². The summed E-state index contributed by atoms with van der Waals surface area (Å²) in [5.41, 5.74) is 5.36. The molecule has 0 aliphatic heterocycles. The summed E-state index contributed by atoms with van der Waals surface area (Å²) in [5, 5.41) is 7.24. The van der Waals surface area contributed by atoms with Gasteiger partial charge in [-0.3, -0.25) is 0 Å². The summed E-state index contributed by atoms with van der Waals surface area (Å²) in [6.45, 7) is 8.78. The topological polar surface area (TPSA) is 24.1 Å². The van der Waals surface area contributed by atoms with Crippen molar-refractivity contribution in [2.75, 3.05) is 13.1 Å². The second kappa shape index (κ2) is 21.4. The maximum Gasteiger partial charge on any atom is 0.0205 e. The Balaban J connectivity index is 1.53. The van der Waals surface area contributed by atoms with E-state index in [1.807, 2.05) is 0 Å². The molecule has 0 aromatic heterocycles. The Labute approximate surface area is 224 Å². The van der Waals surface area contributed by atoms with Crippen molar-refractivity contribution in [3.05, 3.63) is 59.7 Å². The zero-order valence-electron chi connectivity index (χ0n) is 23.8. The van der Waals surface area contributed by atoms with Crippen molar-refractivity contribution >= 4 is 0 Å². The number of rotatable bonds is 23. The van der Waals surface area contributed by atoms with E-state index in [9.17, 15) is 0 Å². The number of nitrogens with one attached hydrogen (secondary N) is 2. The fraction of sp³-hybridized carbons (Fsp3) is 0.647. The quantitative estimate of drug-likeness (QED) is 0.151. The summed E-state index contributed by atoms with van der Waals surface area (Å²) in [6.07, 6.45) is 22.1. The lowest BCUT2D eigenvalue weighted by atomic mass is 10.0. The third-order valence-corrected chi connectivity index (χ3v) is 7.31. The first-order chi connectivity index (χ1) is 17.8. The highest BCUT2D eigenvalue weighted by molar-refractivity contribution is 5.63. The van der Waals surface area contributed by atoms with E-state index in [-0.39, 0.29) is 0 Å². The molecule has 2 aromatic rings. The summed E-state index contributed by atoms with van der Waals surface area (Å²) in [6, 6.07) is 18.2. The van der Waals surface area contributed by atoms with Crippen LogP contribution in [0.15, 0.2) is 48.5 Å². The van der Waals surface area contributed by atoms with E-state index in [1.54, 1.807) is 0 Å². The Bertz CT molecular complexity index is 669. The van der Waals surface area contributed by atoms with Gasteiger partial charge in [-0.15, -0.1) is 0 Å². The van der Waals surface area contributed by atoms with Gasteiger partial charge in [0.2, 0.25) is 0 Å². The molecule has 0 atom stereocenters. The SMILES string of the molecule is CCCCCCCCCCNCc1ccc(-c2ccc(CNCCCCCCCCCC)cc2)cc1. The predicted octanol–water partition coefficient (Wildman–Crippen LogP) is 9.81. The molecule has 0 saturated carbocycles. The van der Waals surface area contributed by atoms with Crippen LogP contribution < -0.4 is 10.6 Å². The normalized spacial score (nSPS) is 11.3. The summed E-state index contributed by atoms with van der Waals surface area (Å²) < 4.78 is 0. The van der Waals surface area contributed by atoms with Gasteiger partial charge < -0.3 is 10.6 Å². The van der Waals surface area contributed by atoms with Gasteiger partial charge in [0.25, 0.3) is 0 Å². The molecule has 0 saturated heterocycles. The Morgan fingerprint density at radius 3 is 1.03 bits per heavy atom. The highest BCUT2D eigenvalue weighted by Crippen LogP contribution is 2.20. The average molecular weight is 493 g/mol. The fourth-order valence-electron chi connectivity index (χ4n) is 4.86. The van der Waals surface area contributed by atoms with Crippen LogP contribution in [0.2, 0.25) is 0 Å². The van der Waals surface area contributed by atoms with E-state index in [0.29, 0.717) is 0 Å². The molecule has 2 aromatic carbocycles. The molecule has 2 N–H and O–H groups in total. The van der Waals surface area contributed by atoms with Gasteiger partial charge in [-0.2, -0.15) is 0 Å². The summed E-state index contributed by atoms with van der Waals surface area (Å²) in [7, 11) is 0. The Morgan fingerprint density at radius 1 is 0.389 bits per heavy atom. The van der Waals surface area contributed by atoms with Gasteiger partial charge in [0.15, 0.2) is 0 Å². The van der Waals surface area contributed by atoms with Crippen LogP contribution in [0.4, 0.5) is 0 Å². The molecule has 0 aliphatic carbocycles. The van der Waals surface area contributed by atoms with Crippen LogP contribution in [0.3, 0.4) is 0 Å². The van der Waals surface area contributed by atoms with E-state index in [1.165, 1.54) is 125 Å². The van der Waals surface area contributed by atoms with Gasteiger partial charge in [-0.1, -0.05) is 152 Å². The molecular formula is C34H56N2. The number of benzene rings is 2. The molecule has 2 rings (SSSR count). The van der Waals surface area contributed by atoms with Gasteiger partial charge in [-0.05, 0) is 48.2 Å². The summed E-state index contributed by atoms with van der Waals surface area (Å²) >= 11 is 0. The molecule has 0 radical (unpaired) electrons. The minimum Gasteiger partial charge on any atom is -0.313 e. The molecule has 2 nitrogen and oxygen atoms in total. The fourth-order valence-corrected chi connectivity index (χ4v) is 4.86. The van der Waals surface area contributed by atoms with Crippen molar-refractivity contribution in [3.63, 3.8) is 0 Å². The molecule has 0 aliphatic rings. The van der Waals surface area contributed by atoms with E-state index >= 15 is 0 Å².